The van der Waals surface area contributed by atoms with Gasteiger partial charge in [0.1, 0.15) is 5.76 Å². The molecule has 0 spiro atoms. The fraction of sp³-hybridized carbons (Fsp3) is 0.438. The van der Waals surface area contributed by atoms with Crippen LogP contribution in [0.4, 0.5) is 5.82 Å². The Morgan fingerprint density at radius 3 is 3.04 bits per heavy atom. The number of aromatic nitrogens is 2. The van der Waals surface area contributed by atoms with Gasteiger partial charge in [0.25, 0.3) is 0 Å². The van der Waals surface area contributed by atoms with Crippen LogP contribution in [0.25, 0.3) is 0 Å². The third kappa shape index (κ3) is 4.22. The SMILES string of the molecule is O=C(NCCc1ccco1)C1CCCN(c2ccc(Cl)nn2)C1. The van der Waals surface area contributed by atoms with E-state index in [-0.39, 0.29) is 11.8 Å². The van der Waals surface area contributed by atoms with E-state index in [9.17, 15) is 4.79 Å². The Morgan fingerprint density at radius 1 is 1.39 bits per heavy atom. The fourth-order valence-electron chi connectivity index (χ4n) is 2.78. The number of amides is 1. The van der Waals surface area contributed by atoms with Crippen LogP contribution in [0.2, 0.25) is 5.15 Å². The van der Waals surface area contributed by atoms with Crippen LogP contribution in [0, 0.1) is 5.92 Å². The first-order valence-corrected chi connectivity index (χ1v) is 8.14. The molecular weight excluding hydrogens is 316 g/mol. The maximum atomic E-state index is 12.3. The van der Waals surface area contributed by atoms with Crippen LogP contribution in [-0.4, -0.2) is 35.7 Å². The van der Waals surface area contributed by atoms with Gasteiger partial charge >= 0.3 is 0 Å². The quantitative estimate of drug-likeness (QED) is 0.908. The van der Waals surface area contributed by atoms with E-state index in [1.807, 2.05) is 18.2 Å². The van der Waals surface area contributed by atoms with Crippen LogP contribution >= 0.6 is 11.6 Å². The lowest BCUT2D eigenvalue weighted by Gasteiger charge is -2.32. The van der Waals surface area contributed by atoms with E-state index in [4.69, 9.17) is 16.0 Å². The number of hydrogen-bond acceptors (Lipinski definition) is 5. The molecule has 7 heteroatoms. The van der Waals surface area contributed by atoms with Gasteiger partial charge in [0.15, 0.2) is 11.0 Å². The van der Waals surface area contributed by atoms with E-state index in [0.717, 1.165) is 31.0 Å². The van der Waals surface area contributed by atoms with Gasteiger partial charge in [0, 0.05) is 26.1 Å². The van der Waals surface area contributed by atoms with Crippen molar-refractivity contribution in [2.75, 3.05) is 24.5 Å². The average Bonchev–Trinajstić information content (AvgIpc) is 3.09. The van der Waals surface area contributed by atoms with E-state index in [1.54, 1.807) is 12.3 Å². The highest BCUT2D eigenvalue weighted by molar-refractivity contribution is 6.29. The highest BCUT2D eigenvalue weighted by Crippen LogP contribution is 2.21. The molecule has 1 fully saturated rings. The van der Waals surface area contributed by atoms with Gasteiger partial charge in [-0.2, -0.15) is 0 Å². The van der Waals surface area contributed by atoms with Gasteiger partial charge in [0.2, 0.25) is 5.91 Å². The Labute approximate surface area is 139 Å². The van der Waals surface area contributed by atoms with Gasteiger partial charge in [-0.3, -0.25) is 4.79 Å². The van der Waals surface area contributed by atoms with E-state index in [1.165, 1.54) is 0 Å². The summed E-state index contributed by atoms with van der Waals surface area (Å²) in [5, 5.41) is 11.3. The van der Waals surface area contributed by atoms with Crippen molar-refractivity contribution in [3.63, 3.8) is 0 Å². The molecule has 0 aromatic carbocycles. The number of anilines is 1. The summed E-state index contributed by atoms with van der Waals surface area (Å²) in [5.41, 5.74) is 0. The van der Waals surface area contributed by atoms with E-state index >= 15 is 0 Å². The second kappa shape index (κ2) is 7.46. The van der Waals surface area contributed by atoms with E-state index in [0.29, 0.717) is 24.7 Å². The zero-order valence-electron chi connectivity index (χ0n) is 12.7. The zero-order valence-corrected chi connectivity index (χ0v) is 13.5. The monoisotopic (exact) mass is 334 g/mol. The Hall–Kier alpha value is -2.08. The third-order valence-electron chi connectivity index (χ3n) is 3.98. The highest BCUT2D eigenvalue weighted by Gasteiger charge is 2.26. The molecule has 0 radical (unpaired) electrons. The molecule has 0 bridgehead atoms. The van der Waals surface area contributed by atoms with Gasteiger partial charge in [0.05, 0.1) is 12.2 Å². The molecule has 3 rings (SSSR count). The molecule has 23 heavy (non-hydrogen) atoms. The predicted octanol–water partition coefficient (Wildman–Crippen LogP) is 2.30. The van der Waals surface area contributed by atoms with E-state index in [2.05, 4.69) is 20.4 Å². The largest absolute Gasteiger partial charge is 0.469 e. The number of rotatable bonds is 5. The molecule has 3 heterocycles. The van der Waals surface area contributed by atoms with Crippen LogP contribution < -0.4 is 10.2 Å². The van der Waals surface area contributed by atoms with Crippen molar-refractivity contribution in [1.29, 1.82) is 0 Å². The molecule has 2 aromatic heterocycles. The predicted molar refractivity (Wildman–Crippen MR) is 87.4 cm³/mol. The lowest BCUT2D eigenvalue weighted by atomic mass is 9.97. The zero-order chi connectivity index (χ0) is 16.1. The number of nitrogens with zero attached hydrogens (tertiary/aromatic N) is 3. The van der Waals surface area contributed by atoms with Crippen molar-refractivity contribution in [2.45, 2.75) is 19.3 Å². The van der Waals surface area contributed by atoms with Crippen LogP contribution in [0.1, 0.15) is 18.6 Å². The second-order valence-electron chi connectivity index (χ2n) is 5.62. The molecule has 1 aliphatic rings. The summed E-state index contributed by atoms with van der Waals surface area (Å²) in [6, 6.07) is 7.32. The minimum absolute atomic E-state index is 0.0298. The minimum atomic E-state index is -0.0298. The first-order valence-electron chi connectivity index (χ1n) is 7.76. The summed E-state index contributed by atoms with van der Waals surface area (Å²) in [6.07, 6.45) is 4.20. The Balaban J connectivity index is 1.51. The Bertz CT molecular complexity index is 630. The van der Waals surface area contributed by atoms with Crippen molar-refractivity contribution < 1.29 is 9.21 Å². The van der Waals surface area contributed by atoms with Crippen molar-refractivity contribution >= 4 is 23.3 Å². The third-order valence-corrected chi connectivity index (χ3v) is 4.19. The summed E-state index contributed by atoms with van der Waals surface area (Å²) >= 11 is 5.77. The maximum absolute atomic E-state index is 12.3. The number of hydrogen-bond donors (Lipinski definition) is 1. The number of halogens is 1. The normalized spacial score (nSPS) is 18.0. The first kappa shape index (κ1) is 15.8. The van der Waals surface area contributed by atoms with Gasteiger partial charge in [-0.25, -0.2) is 0 Å². The van der Waals surface area contributed by atoms with Crippen molar-refractivity contribution in [3.8, 4) is 0 Å². The molecule has 0 aliphatic carbocycles. The number of carbonyl (C=O) groups excluding carboxylic acids is 1. The molecule has 122 valence electrons. The van der Waals surface area contributed by atoms with Crippen molar-refractivity contribution in [2.24, 2.45) is 5.92 Å². The Kier molecular flexibility index (Phi) is 5.12. The average molecular weight is 335 g/mol. The van der Waals surface area contributed by atoms with E-state index < -0.39 is 0 Å². The van der Waals surface area contributed by atoms with Crippen molar-refractivity contribution in [1.82, 2.24) is 15.5 Å². The topological polar surface area (TPSA) is 71.3 Å². The number of piperidine rings is 1. The second-order valence-corrected chi connectivity index (χ2v) is 6.01. The molecule has 1 atom stereocenters. The standard InChI is InChI=1S/C16H19ClN4O2/c17-14-5-6-15(20-19-14)21-9-1-3-12(11-21)16(22)18-8-7-13-4-2-10-23-13/h2,4-6,10,12H,1,3,7-9,11H2,(H,18,22). The lowest BCUT2D eigenvalue weighted by Crippen LogP contribution is -2.43. The number of furan rings is 1. The molecule has 1 unspecified atom stereocenters. The van der Waals surface area contributed by atoms with Gasteiger partial charge in [-0.05, 0) is 37.1 Å². The van der Waals surface area contributed by atoms with Crippen LogP contribution in [-0.2, 0) is 11.2 Å². The highest BCUT2D eigenvalue weighted by atomic mass is 35.5. The summed E-state index contributed by atoms with van der Waals surface area (Å²) in [5.74, 6) is 1.70. The van der Waals surface area contributed by atoms with Crippen molar-refractivity contribution in [3.05, 3.63) is 41.4 Å². The summed E-state index contributed by atoms with van der Waals surface area (Å²) in [7, 11) is 0. The van der Waals surface area contributed by atoms with Crippen LogP contribution in [0.3, 0.4) is 0 Å². The minimum Gasteiger partial charge on any atom is -0.469 e. The smallest absolute Gasteiger partial charge is 0.224 e. The molecule has 1 N–H and O–H groups in total. The Morgan fingerprint density at radius 2 is 2.30 bits per heavy atom. The molecular formula is C16H19ClN4O2. The number of carbonyl (C=O) groups is 1. The molecule has 1 aliphatic heterocycles. The first-order chi connectivity index (χ1) is 11.2. The summed E-state index contributed by atoms with van der Waals surface area (Å²) in [6.45, 7) is 2.12. The van der Waals surface area contributed by atoms with Crippen LogP contribution in [0.5, 0.6) is 0 Å². The summed E-state index contributed by atoms with van der Waals surface area (Å²) < 4.78 is 5.26. The van der Waals surface area contributed by atoms with Gasteiger partial charge in [-0.15, -0.1) is 10.2 Å². The molecule has 1 amide bonds. The molecule has 1 saturated heterocycles. The number of nitrogens with one attached hydrogen (secondary N) is 1. The molecule has 6 nitrogen and oxygen atoms in total. The van der Waals surface area contributed by atoms with Crippen LogP contribution in [0.15, 0.2) is 34.9 Å². The summed E-state index contributed by atoms with van der Waals surface area (Å²) in [4.78, 5) is 14.4. The maximum Gasteiger partial charge on any atom is 0.224 e. The lowest BCUT2D eigenvalue weighted by molar-refractivity contribution is -0.125. The van der Waals surface area contributed by atoms with Gasteiger partial charge < -0.3 is 14.6 Å². The molecule has 2 aromatic rings. The fourth-order valence-corrected chi connectivity index (χ4v) is 2.89. The molecule has 0 saturated carbocycles. The van der Waals surface area contributed by atoms with Gasteiger partial charge in [-0.1, -0.05) is 11.6 Å².